The van der Waals surface area contributed by atoms with E-state index < -0.39 is 0 Å². The lowest BCUT2D eigenvalue weighted by Gasteiger charge is -2.20. The highest BCUT2D eigenvalue weighted by molar-refractivity contribution is 5.09. The Hall–Kier alpha value is -1.00. The lowest BCUT2D eigenvalue weighted by atomic mass is 10.0. The first-order chi connectivity index (χ1) is 7.13. The fourth-order valence-corrected chi connectivity index (χ4v) is 1.39. The molecule has 1 aromatic rings. The predicted molar refractivity (Wildman–Crippen MR) is 58.7 cm³/mol. The van der Waals surface area contributed by atoms with Gasteiger partial charge in [-0.05, 0) is 17.5 Å². The maximum atomic E-state index is 12.8. The molecule has 0 amide bonds. The highest BCUT2D eigenvalue weighted by Crippen LogP contribution is 2.04. The van der Waals surface area contributed by atoms with E-state index in [1.54, 1.807) is 6.20 Å². The molecule has 3 nitrogen and oxygen atoms in total. The second-order valence-corrected chi connectivity index (χ2v) is 3.98. The summed E-state index contributed by atoms with van der Waals surface area (Å²) in [6.07, 6.45) is 2.86. The van der Waals surface area contributed by atoms with E-state index in [1.165, 1.54) is 12.3 Å². The van der Waals surface area contributed by atoms with Crippen molar-refractivity contribution in [1.29, 1.82) is 0 Å². The van der Waals surface area contributed by atoms with Crippen LogP contribution in [0.5, 0.6) is 0 Å². The molecule has 15 heavy (non-hydrogen) atoms. The molecule has 84 valence electrons. The quantitative estimate of drug-likeness (QED) is 0.771. The van der Waals surface area contributed by atoms with E-state index in [1.807, 2.05) is 0 Å². The number of rotatable bonds is 5. The molecule has 0 spiro atoms. The Morgan fingerprint density at radius 1 is 1.47 bits per heavy atom. The predicted octanol–water partition coefficient (Wildman–Crippen LogP) is 1.29. The summed E-state index contributed by atoms with van der Waals surface area (Å²) >= 11 is 0. The molecule has 0 radical (unpaired) electrons. The Morgan fingerprint density at radius 3 is 2.73 bits per heavy atom. The van der Waals surface area contributed by atoms with Crippen molar-refractivity contribution < 1.29 is 4.39 Å². The van der Waals surface area contributed by atoms with E-state index >= 15 is 0 Å². The van der Waals surface area contributed by atoms with Crippen LogP contribution in [0.15, 0.2) is 18.5 Å². The Morgan fingerprint density at radius 2 is 2.20 bits per heavy atom. The zero-order valence-corrected chi connectivity index (χ0v) is 9.20. The van der Waals surface area contributed by atoms with Crippen LogP contribution in [0.1, 0.15) is 19.4 Å². The molecular formula is C11H18FN3. The summed E-state index contributed by atoms with van der Waals surface area (Å²) in [4.78, 5) is 3.79. The van der Waals surface area contributed by atoms with Crippen LogP contribution in [-0.2, 0) is 6.54 Å². The van der Waals surface area contributed by atoms with Gasteiger partial charge >= 0.3 is 0 Å². The van der Waals surface area contributed by atoms with Crippen LogP contribution >= 0.6 is 0 Å². The van der Waals surface area contributed by atoms with E-state index in [0.717, 1.165) is 5.56 Å². The third-order valence-corrected chi connectivity index (χ3v) is 2.39. The van der Waals surface area contributed by atoms with Gasteiger partial charge in [0.2, 0.25) is 0 Å². The number of hydrogen-bond acceptors (Lipinski definition) is 3. The molecule has 0 saturated carbocycles. The number of pyridine rings is 1. The summed E-state index contributed by atoms with van der Waals surface area (Å²) in [5.74, 6) is 0.166. The average Bonchev–Trinajstić information content (AvgIpc) is 2.18. The minimum absolute atomic E-state index is 0.258. The van der Waals surface area contributed by atoms with Gasteiger partial charge in [-0.1, -0.05) is 13.8 Å². The van der Waals surface area contributed by atoms with Crippen molar-refractivity contribution in [1.82, 2.24) is 10.3 Å². The van der Waals surface area contributed by atoms with Gasteiger partial charge in [-0.25, -0.2) is 4.39 Å². The second-order valence-electron chi connectivity index (χ2n) is 3.98. The zero-order chi connectivity index (χ0) is 11.3. The van der Waals surface area contributed by atoms with E-state index in [2.05, 4.69) is 24.1 Å². The molecule has 0 aliphatic rings. The van der Waals surface area contributed by atoms with Gasteiger partial charge in [-0.2, -0.15) is 0 Å². The van der Waals surface area contributed by atoms with E-state index in [0.29, 0.717) is 19.0 Å². The highest BCUT2D eigenvalue weighted by Gasteiger charge is 2.10. The summed E-state index contributed by atoms with van der Waals surface area (Å²) in [6, 6.07) is 1.74. The average molecular weight is 211 g/mol. The van der Waals surface area contributed by atoms with Gasteiger partial charge in [0.05, 0.1) is 6.20 Å². The fraction of sp³-hybridized carbons (Fsp3) is 0.545. The van der Waals surface area contributed by atoms with Crippen molar-refractivity contribution >= 4 is 0 Å². The smallest absolute Gasteiger partial charge is 0.141 e. The largest absolute Gasteiger partial charge is 0.329 e. The Balaban J connectivity index is 2.49. The van der Waals surface area contributed by atoms with Crippen LogP contribution in [0.25, 0.3) is 0 Å². The van der Waals surface area contributed by atoms with Crippen LogP contribution in [0.2, 0.25) is 0 Å². The van der Waals surface area contributed by atoms with Crippen LogP contribution in [-0.4, -0.2) is 17.6 Å². The molecule has 1 rings (SSSR count). The van der Waals surface area contributed by atoms with Gasteiger partial charge in [0.25, 0.3) is 0 Å². The van der Waals surface area contributed by atoms with Crippen molar-refractivity contribution in [3.05, 3.63) is 29.8 Å². The molecule has 0 fully saturated rings. The van der Waals surface area contributed by atoms with E-state index in [9.17, 15) is 4.39 Å². The van der Waals surface area contributed by atoms with Gasteiger partial charge in [-0.3, -0.25) is 4.98 Å². The van der Waals surface area contributed by atoms with E-state index in [-0.39, 0.29) is 11.9 Å². The second kappa shape index (κ2) is 5.78. The third kappa shape index (κ3) is 3.93. The number of aromatic nitrogens is 1. The Labute approximate surface area is 89.9 Å². The lowest BCUT2D eigenvalue weighted by Crippen LogP contribution is -2.39. The van der Waals surface area contributed by atoms with Gasteiger partial charge in [0, 0.05) is 25.3 Å². The molecule has 0 saturated heterocycles. The molecule has 1 aromatic heterocycles. The minimum Gasteiger partial charge on any atom is -0.329 e. The standard InChI is InChI=1S/C11H18FN3/c1-8(2)11(4-13)15-6-9-3-10(12)7-14-5-9/h3,5,7-8,11,15H,4,6,13H2,1-2H3. The van der Waals surface area contributed by atoms with Crippen LogP contribution in [0.3, 0.4) is 0 Å². The maximum absolute atomic E-state index is 12.8. The summed E-state index contributed by atoms with van der Waals surface area (Å²) < 4.78 is 12.8. The lowest BCUT2D eigenvalue weighted by molar-refractivity contribution is 0.404. The SMILES string of the molecule is CC(C)C(CN)NCc1cncc(F)c1. The molecule has 0 bridgehead atoms. The number of hydrogen-bond donors (Lipinski definition) is 2. The molecular weight excluding hydrogens is 193 g/mol. The first-order valence-corrected chi connectivity index (χ1v) is 5.16. The summed E-state index contributed by atoms with van der Waals surface area (Å²) in [7, 11) is 0. The molecule has 0 aliphatic heterocycles. The summed E-state index contributed by atoms with van der Waals surface area (Å²) in [5, 5.41) is 3.28. The Bertz CT molecular complexity index is 302. The molecule has 0 aromatic carbocycles. The summed E-state index contributed by atoms with van der Waals surface area (Å²) in [5.41, 5.74) is 6.46. The zero-order valence-electron chi connectivity index (χ0n) is 9.20. The first kappa shape index (κ1) is 12.1. The molecule has 3 N–H and O–H groups in total. The van der Waals surface area contributed by atoms with Gasteiger partial charge in [0.15, 0.2) is 0 Å². The number of nitrogens with one attached hydrogen (secondary N) is 1. The molecule has 1 atom stereocenters. The maximum Gasteiger partial charge on any atom is 0.141 e. The monoisotopic (exact) mass is 211 g/mol. The summed E-state index contributed by atoms with van der Waals surface area (Å²) in [6.45, 7) is 5.40. The van der Waals surface area contributed by atoms with E-state index in [4.69, 9.17) is 5.73 Å². The van der Waals surface area contributed by atoms with Gasteiger partial charge in [0.1, 0.15) is 5.82 Å². The first-order valence-electron chi connectivity index (χ1n) is 5.16. The molecule has 1 heterocycles. The Kier molecular flexibility index (Phi) is 4.65. The molecule has 1 unspecified atom stereocenters. The van der Waals surface area contributed by atoms with Crippen LogP contribution in [0.4, 0.5) is 4.39 Å². The van der Waals surface area contributed by atoms with Gasteiger partial charge in [-0.15, -0.1) is 0 Å². The normalized spacial score (nSPS) is 13.1. The fourth-order valence-electron chi connectivity index (χ4n) is 1.39. The van der Waals surface area contributed by atoms with Crippen molar-refractivity contribution in [3.63, 3.8) is 0 Å². The highest BCUT2D eigenvalue weighted by atomic mass is 19.1. The van der Waals surface area contributed by atoms with Crippen molar-refractivity contribution in [3.8, 4) is 0 Å². The van der Waals surface area contributed by atoms with Gasteiger partial charge < -0.3 is 11.1 Å². The number of nitrogens with two attached hydrogens (primary N) is 1. The number of halogens is 1. The topological polar surface area (TPSA) is 50.9 Å². The number of nitrogens with zero attached hydrogens (tertiary/aromatic N) is 1. The van der Waals surface area contributed by atoms with Crippen LogP contribution < -0.4 is 11.1 Å². The molecule has 0 aliphatic carbocycles. The molecule has 4 heteroatoms. The van der Waals surface area contributed by atoms with Crippen LogP contribution in [0, 0.1) is 11.7 Å². The van der Waals surface area contributed by atoms with Crippen molar-refractivity contribution in [2.75, 3.05) is 6.54 Å². The van der Waals surface area contributed by atoms with Crippen molar-refractivity contribution in [2.45, 2.75) is 26.4 Å². The van der Waals surface area contributed by atoms with Crippen molar-refractivity contribution in [2.24, 2.45) is 11.7 Å². The minimum atomic E-state index is -0.303. The third-order valence-electron chi connectivity index (χ3n) is 2.39.